The number of alkyl halides is 3. The summed E-state index contributed by atoms with van der Waals surface area (Å²) in [5.41, 5.74) is 0.442. The van der Waals surface area contributed by atoms with Crippen molar-refractivity contribution in [2.45, 2.75) is 22.1 Å². The van der Waals surface area contributed by atoms with E-state index in [1.54, 1.807) is 19.1 Å². The second-order valence-corrected chi connectivity index (χ2v) is 8.04. The number of amides is 1. The fourth-order valence-electron chi connectivity index (χ4n) is 2.87. The lowest BCUT2D eigenvalue weighted by Crippen LogP contribution is -2.15. The highest BCUT2D eigenvalue weighted by Gasteiger charge is 2.32. The number of aryl methyl sites for hydroxylation is 1. The van der Waals surface area contributed by atoms with Gasteiger partial charge in [-0.2, -0.15) is 13.9 Å². The van der Waals surface area contributed by atoms with Crippen LogP contribution >= 0.6 is 23.4 Å². The second kappa shape index (κ2) is 8.04. The number of para-hydroxylation sites is 1. The van der Waals surface area contributed by atoms with Gasteiger partial charge in [-0.25, -0.2) is 9.50 Å². The molecule has 4 aromatic rings. The molecule has 0 aliphatic carbocycles. The summed E-state index contributed by atoms with van der Waals surface area (Å²) in [6, 6.07) is 19.5. The SMILES string of the molecule is Cc1cc(C(F)(F)Cl)n2nc(C(=O)Nc3ccccc3Sc3ccccc3)cc2n1. The molecule has 0 bridgehead atoms. The first-order valence-electron chi connectivity index (χ1n) is 8.89. The Morgan fingerprint density at radius 2 is 1.80 bits per heavy atom. The number of benzene rings is 2. The molecule has 1 N–H and O–H groups in total. The molecule has 0 unspecified atom stereocenters. The summed E-state index contributed by atoms with van der Waals surface area (Å²) in [5, 5.41) is 3.15. The highest BCUT2D eigenvalue weighted by Crippen LogP contribution is 2.34. The van der Waals surface area contributed by atoms with Crippen molar-refractivity contribution < 1.29 is 13.6 Å². The molecule has 0 saturated heterocycles. The molecule has 1 amide bonds. The van der Waals surface area contributed by atoms with Crippen LogP contribution in [0.5, 0.6) is 0 Å². The van der Waals surface area contributed by atoms with Gasteiger partial charge in [-0.3, -0.25) is 4.79 Å². The largest absolute Gasteiger partial charge is 0.364 e. The highest BCUT2D eigenvalue weighted by atomic mass is 35.5. The molecular weight excluding hydrogens is 430 g/mol. The van der Waals surface area contributed by atoms with Crippen LogP contribution < -0.4 is 5.32 Å². The summed E-state index contributed by atoms with van der Waals surface area (Å²) in [4.78, 5) is 18.8. The van der Waals surface area contributed by atoms with Crippen molar-refractivity contribution >= 4 is 40.6 Å². The van der Waals surface area contributed by atoms with Crippen molar-refractivity contribution in [2.24, 2.45) is 0 Å². The van der Waals surface area contributed by atoms with Crippen LogP contribution in [0.1, 0.15) is 21.9 Å². The normalized spacial score (nSPS) is 11.6. The number of carbonyl (C=O) groups is 1. The number of nitrogens with one attached hydrogen (secondary N) is 1. The van der Waals surface area contributed by atoms with E-state index in [0.29, 0.717) is 11.4 Å². The number of fused-ring (bicyclic) bond motifs is 1. The lowest BCUT2D eigenvalue weighted by molar-refractivity contribution is 0.0868. The maximum Gasteiger partial charge on any atom is 0.364 e. The Hall–Kier alpha value is -2.97. The van der Waals surface area contributed by atoms with Crippen LogP contribution in [0, 0.1) is 6.92 Å². The molecule has 2 heterocycles. The minimum atomic E-state index is -3.65. The van der Waals surface area contributed by atoms with Crippen molar-refractivity contribution in [2.75, 3.05) is 5.32 Å². The van der Waals surface area contributed by atoms with E-state index in [0.717, 1.165) is 20.4 Å². The molecule has 2 aromatic heterocycles. The van der Waals surface area contributed by atoms with Crippen LogP contribution in [-0.4, -0.2) is 20.5 Å². The van der Waals surface area contributed by atoms with E-state index in [4.69, 9.17) is 11.6 Å². The average Bonchev–Trinajstić information content (AvgIpc) is 3.13. The molecule has 4 rings (SSSR count). The summed E-state index contributed by atoms with van der Waals surface area (Å²) in [7, 11) is 0. The third kappa shape index (κ3) is 4.29. The maximum atomic E-state index is 13.8. The minimum absolute atomic E-state index is 0.0465. The van der Waals surface area contributed by atoms with E-state index in [-0.39, 0.29) is 11.3 Å². The van der Waals surface area contributed by atoms with Crippen molar-refractivity contribution in [3.63, 3.8) is 0 Å². The van der Waals surface area contributed by atoms with Gasteiger partial charge in [0.25, 0.3) is 5.91 Å². The third-order valence-electron chi connectivity index (χ3n) is 4.18. The van der Waals surface area contributed by atoms with Gasteiger partial charge in [0.05, 0.1) is 5.69 Å². The van der Waals surface area contributed by atoms with E-state index in [9.17, 15) is 13.6 Å². The first-order chi connectivity index (χ1) is 14.3. The number of aromatic nitrogens is 3. The Morgan fingerprint density at radius 1 is 1.10 bits per heavy atom. The molecule has 0 aliphatic heterocycles. The van der Waals surface area contributed by atoms with Gasteiger partial charge in [-0.15, -0.1) is 0 Å². The summed E-state index contributed by atoms with van der Waals surface area (Å²) in [6.07, 6.45) is 0. The number of carbonyl (C=O) groups excluding carboxylic acids is 1. The smallest absolute Gasteiger partial charge is 0.320 e. The molecule has 0 aliphatic rings. The van der Waals surface area contributed by atoms with Gasteiger partial charge in [0.15, 0.2) is 11.3 Å². The molecule has 30 heavy (non-hydrogen) atoms. The van der Waals surface area contributed by atoms with Crippen molar-refractivity contribution in [1.29, 1.82) is 0 Å². The predicted molar refractivity (Wildman–Crippen MR) is 112 cm³/mol. The van der Waals surface area contributed by atoms with Gasteiger partial charge in [0.2, 0.25) is 0 Å². The number of hydrogen-bond donors (Lipinski definition) is 1. The number of hydrogen-bond acceptors (Lipinski definition) is 4. The lowest BCUT2D eigenvalue weighted by atomic mass is 10.3. The zero-order chi connectivity index (χ0) is 21.3. The topological polar surface area (TPSA) is 59.3 Å². The molecule has 9 heteroatoms. The fourth-order valence-corrected chi connectivity index (χ4v) is 3.93. The Bertz CT molecular complexity index is 1220. The Morgan fingerprint density at radius 3 is 2.53 bits per heavy atom. The molecule has 0 saturated carbocycles. The van der Waals surface area contributed by atoms with Gasteiger partial charge in [0.1, 0.15) is 5.69 Å². The summed E-state index contributed by atoms with van der Waals surface area (Å²) in [6.45, 7) is 1.57. The first-order valence-corrected chi connectivity index (χ1v) is 10.1. The van der Waals surface area contributed by atoms with Gasteiger partial charge in [-0.05, 0) is 48.9 Å². The van der Waals surface area contributed by atoms with E-state index >= 15 is 0 Å². The van der Waals surface area contributed by atoms with Gasteiger partial charge in [-0.1, -0.05) is 42.1 Å². The number of anilines is 1. The number of rotatable bonds is 5. The molecule has 5 nitrogen and oxygen atoms in total. The molecule has 152 valence electrons. The van der Waals surface area contributed by atoms with E-state index in [1.807, 2.05) is 42.5 Å². The van der Waals surface area contributed by atoms with Crippen LogP contribution in [-0.2, 0) is 5.38 Å². The zero-order valence-electron chi connectivity index (χ0n) is 15.6. The Labute approximate surface area is 180 Å². The van der Waals surface area contributed by atoms with Gasteiger partial charge < -0.3 is 5.32 Å². The molecule has 0 fully saturated rings. The van der Waals surface area contributed by atoms with E-state index < -0.39 is 17.0 Å². The van der Waals surface area contributed by atoms with E-state index in [2.05, 4.69) is 15.4 Å². The van der Waals surface area contributed by atoms with Gasteiger partial charge >= 0.3 is 5.38 Å². The maximum absolute atomic E-state index is 13.8. The van der Waals surface area contributed by atoms with Crippen LogP contribution in [0.3, 0.4) is 0 Å². The monoisotopic (exact) mass is 444 g/mol. The molecule has 0 radical (unpaired) electrons. The van der Waals surface area contributed by atoms with E-state index in [1.165, 1.54) is 17.8 Å². The molecular formula is C21H15ClF2N4OS. The van der Waals surface area contributed by atoms with Crippen LogP contribution in [0.2, 0.25) is 0 Å². The molecule has 0 spiro atoms. The molecule has 0 atom stereocenters. The van der Waals surface area contributed by atoms with Crippen LogP contribution in [0.4, 0.5) is 14.5 Å². The first kappa shape index (κ1) is 20.3. The van der Waals surface area contributed by atoms with Crippen molar-refractivity contribution in [1.82, 2.24) is 14.6 Å². The van der Waals surface area contributed by atoms with Crippen LogP contribution in [0.25, 0.3) is 5.65 Å². The Kier molecular flexibility index (Phi) is 5.44. The van der Waals surface area contributed by atoms with Crippen LogP contribution in [0.15, 0.2) is 76.5 Å². The Balaban J connectivity index is 1.65. The summed E-state index contributed by atoms with van der Waals surface area (Å²) >= 11 is 6.70. The fraction of sp³-hybridized carbons (Fsp3) is 0.0952. The second-order valence-electron chi connectivity index (χ2n) is 6.45. The summed E-state index contributed by atoms with van der Waals surface area (Å²) < 4.78 is 28.4. The van der Waals surface area contributed by atoms with Gasteiger partial charge in [0, 0.05) is 21.6 Å². The predicted octanol–water partition coefficient (Wildman–Crippen LogP) is 5.73. The molecule has 2 aromatic carbocycles. The van der Waals surface area contributed by atoms with Crippen molar-refractivity contribution in [3.05, 3.63) is 83.8 Å². The number of nitrogens with zero attached hydrogens (tertiary/aromatic N) is 3. The summed E-state index contributed by atoms with van der Waals surface area (Å²) in [5.74, 6) is -0.539. The lowest BCUT2D eigenvalue weighted by Gasteiger charge is -2.10. The third-order valence-corrected chi connectivity index (χ3v) is 5.46. The highest BCUT2D eigenvalue weighted by molar-refractivity contribution is 7.99. The standard InChI is InChI=1S/C21H15ClF2N4OS/c1-13-11-18(21(22,23)24)28-19(25-13)12-16(27-28)20(29)26-15-9-5-6-10-17(15)30-14-7-3-2-4-8-14/h2-12H,1H3,(H,26,29). The minimum Gasteiger partial charge on any atom is -0.320 e. The zero-order valence-corrected chi connectivity index (χ0v) is 17.2. The number of halogens is 3. The average molecular weight is 445 g/mol. The quantitative estimate of drug-likeness (QED) is 0.399. The van der Waals surface area contributed by atoms with Crippen molar-refractivity contribution in [3.8, 4) is 0 Å².